The predicted octanol–water partition coefficient (Wildman–Crippen LogP) is 3.14. The number of nitrogens with zero attached hydrogens (tertiary/aromatic N) is 2. The Morgan fingerprint density at radius 2 is 1.88 bits per heavy atom. The highest BCUT2D eigenvalue weighted by Crippen LogP contribution is 2.60. The number of alkyl halides is 2. The van der Waals surface area contributed by atoms with E-state index in [4.69, 9.17) is 23.2 Å². The van der Waals surface area contributed by atoms with Crippen LogP contribution < -0.4 is 5.32 Å². The number of rotatable bonds is 3. The Balaban J connectivity index is 1.16. The van der Waals surface area contributed by atoms with Crippen molar-refractivity contribution >= 4 is 23.2 Å². The van der Waals surface area contributed by atoms with Gasteiger partial charge in [0.25, 0.3) is 0 Å². The second-order valence-electron chi connectivity index (χ2n) is 8.37. The molecule has 5 aliphatic rings. The molecule has 5 atom stereocenters. The summed E-state index contributed by atoms with van der Waals surface area (Å²) in [5.41, 5.74) is 3.33. The van der Waals surface area contributed by atoms with Crippen LogP contribution in [-0.2, 0) is 0 Å². The standard InChI is InChI=1S/C21H27Cl2N3/c22-19-6-5-18(11-20(19)23)26-9-7-25(8-10-26)17-3-1-15(2-4-17)21-12-16(21)13-24-14-21/h1-3,5-6,11,16-17,19-20,24H,4,7-10,12-14H2. The summed E-state index contributed by atoms with van der Waals surface area (Å²) in [6.07, 6.45) is 16.2. The molecule has 26 heavy (non-hydrogen) atoms. The number of hydrogen-bond acceptors (Lipinski definition) is 3. The largest absolute Gasteiger partial charge is 0.369 e. The van der Waals surface area contributed by atoms with Gasteiger partial charge in [0.1, 0.15) is 0 Å². The summed E-state index contributed by atoms with van der Waals surface area (Å²) in [4.78, 5) is 5.07. The number of piperidine rings is 1. The molecule has 3 nitrogen and oxygen atoms in total. The summed E-state index contributed by atoms with van der Waals surface area (Å²) < 4.78 is 0. The zero-order valence-corrected chi connectivity index (χ0v) is 16.6. The van der Waals surface area contributed by atoms with Gasteiger partial charge < -0.3 is 10.2 Å². The van der Waals surface area contributed by atoms with Gasteiger partial charge in [-0.1, -0.05) is 24.3 Å². The third kappa shape index (κ3) is 2.97. The molecule has 2 saturated heterocycles. The van der Waals surface area contributed by atoms with Crippen LogP contribution in [0.5, 0.6) is 0 Å². The van der Waals surface area contributed by atoms with Crippen molar-refractivity contribution in [1.82, 2.24) is 15.1 Å². The number of nitrogens with one attached hydrogen (secondary N) is 1. The SMILES string of the molecule is ClC1C=CC(N2CCN(C3C=CC(C45CNCC4C5)=CC3)CC2)=CC1Cl. The number of hydrogen-bond donors (Lipinski definition) is 1. The van der Waals surface area contributed by atoms with Gasteiger partial charge in [0, 0.05) is 49.9 Å². The molecule has 5 heteroatoms. The summed E-state index contributed by atoms with van der Waals surface area (Å²) in [5.74, 6) is 0.897. The summed E-state index contributed by atoms with van der Waals surface area (Å²) in [6.45, 7) is 6.73. The first-order valence-corrected chi connectivity index (χ1v) is 10.8. The maximum Gasteiger partial charge on any atom is 0.0737 e. The lowest BCUT2D eigenvalue weighted by atomic mass is 9.88. The lowest BCUT2D eigenvalue weighted by Gasteiger charge is -2.41. The Bertz CT molecular complexity index is 689. The molecule has 0 bridgehead atoms. The van der Waals surface area contributed by atoms with Crippen LogP contribution in [0, 0.1) is 11.3 Å². The average Bonchev–Trinajstić information content (AvgIpc) is 3.25. The summed E-state index contributed by atoms with van der Waals surface area (Å²) in [7, 11) is 0. The van der Waals surface area contributed by atoms with E-state index in [1.807, 2.05) is 6.08 Å². The van der Waals surface area contributed by atoms with Gasteiger partial charge in [-0.2, -0.15) is 0 Å². The Labute approximate surface area is 166 Å². The van der Waals surface area contributed by atoms with E-state index in [2.05, 4.69) is 45.5 Å². The number of piperazine rings is 1. The van der Waals surface area contributed by atoms with E-state index in [-0.39, 0.29) is 10.8 Å². The fourth-order valence-electron chi connectivity index (χ4n) is 5.17. The summed E-state index contributed by atoms with van der Waals surface area (Å²) in [5, 5.41) is 3.37. The smallest absolute Gasteiger partial charge is 0.0737 e. The topological polar surface area (TPSA) is 18.5 Å². The Kier molecular flexibility index (Phi) is 4.47. The van der Waals surface area contributed by atoms with Crippen molar-refractivity contribution in [2.45, 2.75) is 29.6 Å². The highest BCUT2D eigenvalue weighted by atomic mass is 35.5. The van der Waals surface area contributed by atoms with Crippen LogP contribution in [-0.4, -0.2) is 65.9 Å². The van der Waals surface area contributed by atoms with Crippen molar-refractivity contribution in [2.24, 2.45) is 11.3 Å². The first-order valence-electron chi connectivity index (χ1n) is 9.92. The van der Waals surface area contributed by atoms with E-state index in [9.17, 15) is 0 Å². The molecule has 0 amide bonds. The van der Waals surface area contributed by atoms with Crippen LogP contribution in [0.3, 0.4) is 0 Å². The molecule has 0 radical (unpaired) electrons. The van der Waals surface area contributed by atoms with E-state index in [0.717, 1.165) is 32.1 Å². The molecule has 3 aliphatic carbocycles. The van der Waals surface area contributed by atoms with Gasteiger partial charge in [0.15, 0.2) is 0 Å². The van der Waals surface area contributed by atoms with E-state index in [1.54, 1.807) is 5.57 Å². The summed E-state index contributed by atoms with van der Waals surface area (Å²) in [6, 6.07) is 0.563. The molecular formula is C21H27Cl2N3. The van der Waals surface area contributed by atoms with Gasteiger partial charge in [0.2, 0.25) is 0 Å². The van der Waals surface area contributed by atoms with Crippen molar-refractivity contribution < 1.29 is 0 Å². The second kappa shape index (κ2) is 6.70. The molecule has 0 aromatic carbocycles. The molecule has 0 spiro atoms. The molecule has 1 saturated carbocycles. The van der Waals surface area contributed by atoms with Gasteiger partial charge >= 0.3 is 0 Å². The molecule has 5 rings (SSSR count). The maximum absolute atomic E-state index is 6.30. The number of allylic oxidation sites excluding steroid dienone is 4. The van der Waals surface area contributed by atoms with Gasteiger partial charge in [-0.3, -0.25) is 4.90 Å². The minimum absolute atomic E-state index is 0.0873. The third-order valence-corrected chi connectivity index (χ3v) is 7.89. The molecular weight excluding hydrogens is 365 g/mol. The fraction of sp³-hybridized carbons (Fsp3) is 0.619. The summed E-state index contributed by atoms with van der Waals surface area (Å²) >= 11 is 12.5. The molecule has 0 aromatic heterocycles. The Morgan fingerprint density at radius 1 is 1.04 bits per heavy atom. The van der Waals surface area contributed by atoms with E-state index in [1.165, 1.54) is 31.6 Å². The fourth-order valence-corrected chi connectivity index (χ4v) is 5.53. The molecule has 2 aliphatic heterocycles. The molecule has 5 unspecified atom stereocenters. The Hall–Kier alpha value is -0.740. The Morgan fingerprint density at radius 3 is 2.50 bits per heavy atom. The molecule has 140 valence electrons. The van der Waals surface area contributed by atoms with Gasteiger partial charge in [-0.15, -0.1) is 23.2 Å². The lowest BCUT2D eigenvalue weighted by molar-refractivity contribution is 0.136. The van der Waals surface area contributed by atoms with Crippen LogP contribution in [0.2, 0.25) is 0 Å². The van der Waals surface area contributed by atoms with Crippen LogP contribution in [0.25, 0.3) is 0 Å². The minimum atomic E-state index is -0.102. The zero-order chi connectivity index (χ0) is 17.7. The van der Waals surface area contributed by atoms with Crippen LogP contribution in [0.15, 0.2) is 47.7 Å². The monoisotopic (exact) mass is 391 g/mol. The predicted molar refractivity (Wildman–Crippen MR) is 109 cm³/mol. The number of fused-ring (bicyclic) bond motifs is 1. The lowest BCUT2D eigenvalue weighted by Crippen LogP contribution is -2.49. The number of halogens is 2. The average molecular weight is 392 g/mol. The van der Waals surface area contributed by atoms with E-state index in [0.29, 0.717) is 11.5 Å². The highest BCUT2D eigenvalue weighted by molar-refractivity contribution is 6.31. The van der Waals surface area contributed by atoms with Crippen LogP contribution >= 0.6 is 23.2 Å². The van der Waals surface area contributed by atoms with Crippen molar-refractivity contribution in [3.8, 4) is 0 Å². The minimum Gasteiger partial charge on any atom is -0.369 e. The van der Waals surface area contributed by atoms with Gasteiger partial charge in [0.05, 0.1) is 10.8 Å². The van der Waals surface area contributed by atoms with Crippen molar-refractivity contribution in [1.29, 1.82) is 0 Å². The van der Waals surface area contributed by atoms with E-state index < -0.39 is 0 Å². The molecule has 0 aromatic rings. The molecule has 3 fully saturated rings. The quantitative estimate of drug-likeness (QED) is 0.745. The normalized spacial score (nSPS) is 42.5. The second-order valence-corrected chi connectivity index (χ2v) is 9.38. The first kappa shape index (κ1) is 17.4. The first-order chi connectivity index (χ1) is 12.7. The van der Waals surface area contributed by atoms with Crippen molar-refractivity contribution in [3.05, 3.63) is 47.7 Å². The van der Waals surface area contributed by atoms with Crippen molar-refractivity contribution in [3.63, 3.8) is 0 Å². The molecule has 2 heterocycles. The van der Waals surface area contributed by atoms with E-state index >= 15 is 0 Å². The van der Waals surface area contributed by atoms with Gasteiger partial charge in [-0.25, -0.2) is 0 Å². The molecule has 1 N–H and O–H groups in total. The zero-order valence-electron chi connectivity index (χ0n) is 15.1. The van der Waals surface area contributed by atoms with Gasteiger partial charge in [-0.05, 0) is 43.0 Å². The van der Waals surface area contributed by atoms with Crippen LogP contribution in [0.4, 0.5) is 0 Å². The third-order valence-electron chi connectivity index (χ3n) is 6.95. The van der Waals surface area contributed by atoms with Crippen LogP contribution in [0.1, 0.15) is 12.8 Å². The maximum atomic E-state index is 6.30. The highest BCUT2D eigenvalue weighted by Gasteiger charge is 2.58. The van der Waals surface area contributed by atoms with Crippen molar-refractivity contribution in [2.75, 3.05) is 39.3 Å².